The maximum atomic E-state index is 12.8. The number of likely N-dealkylation sites (tertiary alicyclic amines) is 1. The predicted molar refractivity (Wildman–Crippen MR) is 95.8 cm³/mol. The molecule has 3 atom stereocenters. The fourth-order valence-corrected chi connectivity index (χ4v) is 6.54. The van der Waals surface area contributed by atoms with Crippen molar-refractivity contribution in [3.05, 3.63) is 0 Å². The molecule has 7 heteroatoms. The molecule has 3 aliphatic heterocycles. The van der Waals surface area contributed by atoms with Crippen molar-refractivity contribution < 1.29 is 19.4 Å². The van der Waals surface area contributed by atoms with Crippen LogP contribution in [0.3, 0.4) is 0 Å². The number of nitrogens with zero attached hydrogens (tertiary/aromatic N) is 1. The van der Waals surface area contributed by atoms with E-state index in [0.717, 1.165) is 50.0 Å². The number of amides is 2. The normalized spacial score (nSPS) is 37.0. The lowest BCUT2D eigenvalue weighted by Gasteiger charge is -2.43. The standard InChI is InChI=1S/C18H28N2O4S/c21-15(22)18-4-1-2-13(18)11-20(12-18)16(23)19-14-3-7-24-17(10-14)5-8-25-9-6-17/h13-14H,1-12H2,(H,19,23)(H,21,22)/t13-,14?,18+/m0/s1. The van der Waals surface area contributed by atoms with Gasteiger partial charge in [-0.3, -0.25) is 4.79 Å². The van der Waals surface area contributed by atoms with Crippen LogP contribution in [0.2, 0.25) is 0 Å². The number of carboxylic acid groups (broad SMARTS) is 1. The third-order valence-electron chi connectivity index (χ3n) is 6.81. The van der Waals surface area contributed by atoms with Gasteiger partial charge in [0, 0.05) is 25.7 Å². The molecule has 0 aromatic carbocycles. The van der Waals surface area contributed by atoms with Crippen molar-refractivity contribution in [2.24, 2.45) is 11.3 Å². The number of urea groups is 1. The second kappa shape index (κ2) is 6.65. The zero-order chi connectivity index (χ0) is 17.5. The minimum atomic E-state index is -0.727. The van der Waals surface area contributed by atoms with E-state index in [9.17, 15) is 14.7 Å². The molecule has 0 radical (unpaired) electrons. The topological polar surface area (TPSA) is 78.9 Å². The van der Waals surface area contributed by atoms with E-state index in [1.165, 1.54) is 0 Å². The van der Waals surface area contributed by atoms with E-state index in [1.54, 1.807) is 4.90 Å². The van der Waals surface area contributed by atoms with Crippen LogP contribution < -0.4 is 5.32 Å². The van der Waals surface area contributed by atoms with Crippen LogP contribution in [-0.2, 0) is 9.53 Å². The molecule has 4 fully saturated rings. The van der Waals surface area contributed by atoms with Crippen molar-refractivity contribution >= 4 is 23.8 Å². The van der Waals surface area contributed by atoms with Gasteiger partial charge in [0.25, 0.3) is 0 Å². The Hall–Kier alpha value is -0.950. The highest BCUT2D eigenvalue weighted by Crippen LogP contribution is 2.49. The maximum Gasteiger partial charge on any atom is 0.317 e. The lowest BCUT2D eigenvalue weighted by Crippen LogP contribution is -2.52. The largest absolute Gasteiger partial charge is 0.481 e. The van der Waals surface area contributed by atoms with E-state index in [-0.39, 0.29) is 23.6 Å². The Morgan fingerprint density at radius 2 is 2.00 bits per heavy atom. The van der Waals surface area contributed by atoms with Crippen LogP contribution in [0.15, 0.2) is 0 Å². The van der Waals surface area contributed by atoms with Crippen molar-refractivity contribution in [2.45, 2.75) is 56.6 Å². The Kier molecular flexibility index (Phi) is 4.65. The molecule has 1 aliphatic carbocycles. The molecule has 4 rings (SSSR count). The van der Waals surface area contributed by atoms with Crippen molar-refractivity contribution in [1.29, 1.82) is 0 Å². The minimum Gasteiger partial charge on any atom is -0.481 e. The van der Waals surface area contributed by atoms with Crippen molar-refractivity contribution in [1.82, 2.24) is 10.2 Å². The predicted octanol–water partition coefficient (Wildman–Crippen LogP) is 2.33. The summed E-state index contributed by atoms with van der Waals surface area (Å²) >= 11 is 1.98. The minimum absolute atomic E-state index is 0.0503. The van der Waals surface area contributed by atoms with Gasteiger partial charge < -0.3 is 20.1 Å². The number of thioether (sulfide) groups is 1. The highest BCUT2D eigenvalue weighted by molar-refractivity contribution is 7.99. The van der Waals surface area contributed by atoms with Crippen LogP contribution >= 0.6 is 11.8 Å². The fourth-order valence-electron chi connectivity index (χ4n) is 5.30. The molecular formula is C18H28N2O4S. The van der Waals surface area contributed by atoms with Gasteiger partial charge in [0.1, 0.15) is 0 Å². The van der Waals surface area contributed by atoms with Crippen molar-refractivity contribution in [3.8, 4) is 0 Å². The van der Waals surface area contributed by atoms with Gasteiger partial charge in [0.15, 0.2) is 0 Å². The summed E-state index contributed by atoms with van der Waals surface area (Å²) in [4.78, 5) is 26.3. The number of fused-ring (bicyclic) bond motifs is 1. The molecule has 0 bridgehead atoms. The second-order valence-electron chi connectivity index (χ2n) is 8.21. The number of nitrogens with one attached hydrogen (secondary N) is 1. The van der Waals surface area contributed by atoms with E-state index in [2.05, 4.69) is 5.32 Å². The number of carbonyl (C=O) groups excluding carboxylic acids is 1. The smallest absolute Gasteiger partial charge is 0.317 e. The highest BCUT2D eigenvalue weighted by Gasteiger charge is 2.56. The third kappa shape index (κ3) is 3.14. The Balaban J connectivity index is 1.37. The van der Waals surface area contributed by atoms with Crippen LogP contribution in [0, 0.1) is 11.3 Å². The lowest BCUT2D eigenvalue weighted by atomic mass is 9.81. The molecule has 3 heterocycles. The quantitative estimate of drug-likeness (QED) is 0.782. The SMILES string of the molecule is O=C(NC1CCOC2(CCSCC2)C1)N1C[C@@H]2CCC[C@@]2(C(=O)O)C1. The molecular weight excluding hydrogens is 340 g/mol. The summed E-state index contributed by atoms with van der Waals surface area (Å²) < 4.78 is 6.10. The zero-order valence-corrected chi connectivity index (χ0v) is 15.5. The van der Waals surface area contributed by atoms with Crippen LogP contribution in [0.4, 0.5) is 4.79 Å². The summed E-state index contributed by atoms with van der Waals surface area (Å²) in [6, 6.07) is 0.0628. The Morgan fingerprint density at radius 1 is 1.20 bits per heavy atom. The van der Waals surface area contributed by atoms with Crippen LogP contribution in [0.1, 0.15) is 44.9 Å². The van der Waals surface area contributed by atoms with Gasteiger partial charge >= 0.3 is 12.0 Å². The van der Waals surface area contributed by atoms with Gasteiger partial charge in [-0.25, -0.2) is 4.79 Å². The molecule has 1 spiro atoms. The molecule has 1 unspecified atom stereocenters. The van der Waals surface area contributed by atoms with Crippen LogP contribution in [-0.4, -0.2) is 64.9 Å². The second-order valence-corrected chi connectivity index (χ2v) is 9.44. The Bertz CT molecular complexity index is 546. The molecule has 1 saturated carbocycles. The monoisotopic (exact) mass is 368 g/mol. The van der Waals surface area contributed by atoms with Crippen molar-refractivity contribution in [2.75, 3.05) is 31.2 Å². The number of aliphatic carboxylic acids is 1. The molecule has 140 valence electrons. The summed E-state index contributed by atoms with van der Waals surface area (Å²) in [5.41, 5.74) is -0.750. The van der Waals surface area contributed by atoms with Gasteiger partial charge in [0.05, 0.1) is 11.0 Å². The summed E-state index contributed by atoms with van der Waals surface area (Å²) in [6.07, 6.45) is 6.47. The first kappa shape index (κ1) is 17.5. The summed E-state index contributed by atoms with van der Waals surface area (Å²) in [5, 5.41) is 12.9. The summed E-state index contributed by atoms with van der Waals surface area (Å²) in [6.45, 7) is 1.66. The molecule has 2 amide bonds. The highest BCUT2D eigenvalue weighted by atomic mass is 32.2. The van der Waals surface area contributed by atoms with Gasteiger partial charge in [-0.05, 0) is 55.9 Å². The van der Waals surface area contributed by atoms with E-state index in [1.807, 2.05) is 11.8 Å². The number of ether oxygens (including phenoxy) is 1. The summed E-state index contributed by atoms with van der Waals surface area (Å²) in [5.74, 6) is 1.66. The lowest BCUT2D eigenvalue weighted by molar-refractivity contribution is -0.149. The van der Waals surface area contributed by atoms with E-state index < -0.39 is 11.4 Å². The average molecular weight is 368 g/mol. The number of carboxylic acids is 1. The molecule has 3 saturated heterocycles. The Morgan fingerprint density at radius 3 is 2.72 bits per heavy atom. The average Bonchev–Trinajstić information content (AvgIpc) is 3.14. The van der Waals surface area contributed by atoms with Gasteiger partial charge in [0.2, 0.25) is 0 Å². The molecule has 6 nitrogen and oxygen atoms in total. The van der Waals surface area contributed by atoms with Gasteiger partial charge in [-0.1, -0.05) is 6.42 Å². The molecule has 25 heavy (non-hydrogen) atoms. The first-order valence-corrected chi connectivity index (χ1v) is 10.7. The summed E-state index contributed by atoms with van der Waals surface area (Å²) in [7, 11) is 0. The van der Waals surface area contributed by atoms with E-state index in [4.69, 9.17) is 4.74 Å². The fraction of sp³-hybridized carbons (Fsp3) is 0.889. The number of carbonyl (C=O) groups is 2. The zero-order valence-electron chi connectivity index (χ0n) is 14.7. The first-order chi connectivity index (χ1) is 12.0. The maximum absolute atomic E-state index is 12.8. The molecule has 0 aromatic rings. The first-order valence-electron chi connectivity index (χ1n) is 9.54. The molecule has 0 aromatic heterocycles. The van der Waals surface area contributed by atoms with Gasteiger partial charge in [-0.15, -0.1) is 0 Å². The third-order valence-corrected chi connectivity index (χ3v) is 7.79. The number of hydrogen-bond donors (Lipinski definition) is 2. The van der Waals surface area contributed by atoms with Gasteiger partial charge in [-0.2, -0.15) is 11.8 Å². The Labute approximate surface area is 153 Å². The number of rotatable bonds is 2. The number of hydrogen-bond acceptors (Lipinski definition) is 4. The molecule has 4 aliphatic rings. The van der Waals surface area contributed by atoms with Crippen molar-refractivity contribution in [3.63, 3.8) is 0 Å². The van der Waals surface area contributed by atoms with Crippen LogP contribution in [0.5, 0.6) is 0 Å². The van der Waals surface area contributed by atoms with E-state index in [0.29, 0.717) is 26.1 Å². The van der Waals surface area contributed by atoms with E-state index >= 15 is 0 Å². The van der Waals surface area contributed by atoms with Crippen LogP contribution in [0.25, 0.3) is 0 Å². The molecule has 2 N–H and O–H groups in total.